The van der Waals surface area contributed by atoms with Crippen molar-refractivity contribution >= 4 is 46.3 Å². The van der Waals surface area contributed by atoms with Crippen LogP contribution in [0.15, 0.2) is 0 Å². The van der Waals surface area contributed by atoms with E-state index in [-0.39, 0.29) is 0 Å². The third-order valence-electron chi connectivity index (χ3n) is 2.38. The highest BCUT2D eigenvalue weighted by atomic mass is 35.9. The zero-order valence-corrected chi connectivity index (χ0v) is 14.1. The minimum atomic E-state index is -3.47. The third kappa shape index (κ3) is 10.9. The number of hydrogen-bond acceptors (Lipinski definition) is 3. The molecule has 0 aliphatic heterocycles. The summed E-state index contributed by atoms with van der Waals surface area (Å²) in [5, 5.41) is 0. The molecular weight excluding hydrogens is 324 g/mol. The van der Waals surface area contributed by atoms with Crippen LogP contribution in [0.2, 0.25) is 0 Å². The molecule has 0 aromatic carbocycles. The Kier molecular flexibility index (Phi) is 9.10. The first kappa shape index (κ1) is 18.3. The Labute approximate surface area is 118 Å². The SMILES string of the molecule is CCCCC(CC)COP(=O)(Cl)CP(=O)(Cl)Cl. The van der Waals surface area contributed by atoms with Crippen LogP contribution in [-0.4, -0.2) is 12.5 Å². The Balaban J connectivity index is 4.14. The standard InChI is InChI=1S/C9H19Cl3O3P2/c1-3-5-6-9(4-2)7-15-17(12,14)8-16(10,11)13/h9H,3-8H2,1-2H3. The van der Waals surface area contributed by atoms with Crippen LogP contribution in [0.25, 0.3) is 0 Å². The van der Waals surface area contributed by atoms with Crippen molar-refractivity contribution in [1.29, 1.82) is 0 Å². The lowest BCUT2D eigenvalue weighted by Crippen LogP contribution is -2.07. The number of rotatable bonds is 9. The van der Waals surface area contributed by atoms with Gasteiger partial charge in [0.05, 0.1) is 6.61 Å². The average molecular weight is 344 g/mol. The predicted molar refractivity (Wildman–Crippen MR) is 76.9 cm³/mol. The van der Waals surface area contributed by atoms with Crippen LogP contribution in [0.3, 0.4) is 0 Å². The highest BCUT2D eigenvalue weighted by Gasteiger charge is 2.31. The fourth-order valence-electron chi connectivity index (χ4n) is 1.35. The summed E-state index contributed by atoms with van der Waals surface area (Å²) in [5.41, 5.74) is 0. The van der Waals surface area contributed by atoms with E-state index in [1.54, 1.807) is 0 Å². The van der Waals surface area contributed by atoms with Gasteiger partial charge in [0.15, 0.2) is 0 Å². The maximum Gasteiger partial charge on any atom is 0.299 e. The van der Waals surface area contributed by atoms with Gasteiger partial charge >= 0.3 is 0 Å². The van der Waals surface area contributed by atoms with Crippen molar-refractivity contribution < 1.29 is 13.7 Å². The summed E-state index contributed by atoms with van der Waals surface area (Å²) >= 11 is 16.3. The molecular formula is C9H19Cl3O3P2. The summed E-state index contributed by atoms with van der Waals surface area (Å²) in [6, 6.07) is 0. The minimum Gasteiger partial charge on any atom is -0.317 e. The lowest BCUT2D eigenvalue weighted by molar-refractivity contribution is 0.242. The molecule has 0 aliphatic rings. The molecule has 0 spiro atoms. The molecule has 0 rings (SSSR count). The van der Waals surface area contributed by atoms with Crippen LogP contribution in [0.1, 0.15) is 39.5 Å². The van der Waals surface area contributed by atoms with Gasteiger partial charge in [0, 0.05) is 0 Å². The molecule has 0 amide bonds. The van der Waals surface area contributed by atoms with E-state index in [4.69, 9.17) is 38.2 Å². The van der Waals surface area contributed by atoms with Crippen LogP contribution in [-0.2, 0) is 13.7 Å². The molecule has 2 atom stereocenters. The van der Waals surface area contributed by atoms with Gasteiger partial charge in [0.1, 0.15) is 5.90 Å². The lowest BCUT2D eigenvalue weighted by Gasteiger charge is -2.17. The van der Waals surface area contributed by atoms with Crippen molar-refractivity contribution in [3.05, 3.63) is 0 Å². The van der Waals surface area contributed by atoms with Gasteiger partial charge in [-0.25, -0.2) is 0 Å². The van der Waals surface area contributed by atoms with Gasteiger partial charge in [-0.1, -0.05) is 33.1 Å². The molecule has 104 valence electrons. The van der Waals surface area contributed by atoms with E-state index in [9.17, 15) is 9.13 Å². The van der Waals surface area contributed by atoms with E-state index in [1.165, 1.54) is 0 Å². The number of hydrogen-bond donors (Lipinski definition) is 0. The smallest absolute Gasteiger partial charge is 0.299 e. The maximum absolute atomic E-state index is 11.7. The van der Waals surface area contributed by atoms with E-state index in [0.29, 0.717) is 12.5 Å². The highest BCUT2D eigenvalue weighted by molar-refractivity contribution is 8.14. The minimum absolute atomic E-state index is 0.297. The lowest BCUT2D eigenvalue weighted by atomic mass is 10.0. The van der Waals surface area contributed by atoms with Crippen LogP contribution in [0.5, 0.6) is 0 Å². The molecule has 0 radical (unpaired) electrons. The summed E-state index contributed by atoms with van der Waals surface area (Å²) in [7, 11) is 0. The molecule has 0 saturated heterocycles. The van der Waals surface area contributed by atoms with Crippen molar-refractivity contribution in [2.24, 2.45) is 5.92 Å². The first-order valence-corrected chi connectivity index (χ1v) is 12.0. The Morgan fingerprint density at radius 1 is 1.18 bits per heavy atom. The van der Waals surface area contributed by atoms with Gasteiger partial charge in [-0.15, -0.1) is 0 Å². The van der Waals surface area contributed by atoms with E-state index >= 15 is 0 Å². The maximum atomic E-state index is 11.7. The average Bonchev–Trinajstić information content (AvgIpc) is 2.14. The zero-order chi connectivity index (χ0) is 13.5. The van der Waals surface area contributed by atoms with Gasteiger partial charge in [0.25, 0.3) is 12.6 Å². The van der Waals surface area contributed by atoms with Gasteiger partial charge in [-0.3, -0.25) is 9.13 Å². The topological polar surface area (TPSA) is 43.4 Å². The molecule has 3 nitrogen and oxygen atoms in total. The number of unbranched alkanes of at least 4 members (excludes halogenated alkanes) is 1. The van der Waals surface area contributed by atoms with Crippen LogP contribution in [0, 0.1) is 5.92 Å². The molecule has 0 N–H and O–H groups in total. The molecule has 0 aromatic heterocycles. The molecule has 0 bridgehead atoms. The Morgan fingerprint density at radius 3 is 2.18 bits per heavy atom. The predicted octanol–water partition coefficient (Wildman–Crippen LogP) is 6.28. The second-order valence-electron chi connectivity index (χ2n) is 4.01. The van der Waals surface area contributed by atoms with E-state index < -0.39 is 18.5 Å². The van der Waals surface area contributed by atoms with Gasteiger partial charge < -0.3 is 4.52 Å². The molecule has 0 aromatic rings. The second-order valence-corrected chi connectivity index (χ2v) is 13.1. The van der Waals surface area contributed by atoms with Gasteiger partial charge in [0.2, 0.25) is 0 Å². The van der Waals surface area contributed by atoms with Crippen molar-refractivity contribution in [2.75, 3.05) is 12.5 Å². The van der Waals surface area contributed by atoms with Crippen molar-refractivity contribution in [2.45, 2.75) is 39.5 Å². The highest BCUT2D eigenvalue weighted by Crippen LogP contribution is 2.70. The molecule has 0 aliphatic carbocycles. The zero-order valence-electron chi connectivity index (χ0n) is 10.1. The summed E-state index contributed by atoms with van der Waals surface area (Å²) in [5.74, 6) is -3.62. The fourth-order valence-corrected chi connectivity index (χ4v) is 8.73. The van der Waals surface area contributed by atoms with Crippen LogP contribution < -0.4 is 0 Å². The molecule has 8 heteroatoms. The van der Waals surface area contributed by atoms with Gasteiger partial charge in [-0.05, 0) is 46.1 Å². The molecule has 0 heterocycles. The fraction of sp³-hybridized carbons (Fsp3) is 1.00. The van der Waals surface area contributed by atoms with E-state index in [1.807, 2.05) is 6.92 Å². The summed E-state index contributed by atoms with van der Waals surface area (Å²) in [6.45, 7) is 0.976. The van der Waals surface area contributed by atoms with Crippen LogP contribution >= 0.6 is 46.3 Å². The van der Waals surface area contributed by atoms with Crippen molar-refractivity contribution in [1.82, 2.24) is 0 Å². The molecule has 2 unspecified atom stereocenters. The van der Waals surface area contributed by atoms with Crippen LogP contribution in [0.4, 0.5) is 0 Å². The van der Waals surface area contributed by atoms with E-state index in [0.717, 1.165) is 25.7 Å². The van der Waals surface area contributed by atoms with Gasteiger partial charge in [-0.2, -0.15) is 0 Å². The summed E-state index contributed by atoms with van der Waals surface area (Å²) in [4.78, 5) is 0. The quantitative estimate of drug-likeness (QED) is 0.463. The molecule has 17 heavy (non-hydrogen) atoms. The monoisotopic (exact) mass is 342 g/mol. The molecule has 0 saturated carbocycles. The van der Waals surface area contributed by atoms with E-state index in [2.05, 4.69) is 6.92 Å². The molecule has 0 fully saturated rings. The largest absolute Gasteiger partial charge is 0.317 e. The Morgan fingerprint density at radius 2 is 1.76 bits per heavy atom. The third-order valence-corrected chi connectivity index (χ3v) is 8.76. The van der Waals surface area contributed by atoms with Crippen molar-refractivity contribution in [3.8, 4) is 0 Å². The first-order chi connectivity index (χ1) is 7.70. The first-order valence-electron chi connectivity index (χ1n) is 5.61. The summed E-state index contributed by atoms with van der Waals surface area (Å²) in [6.07, 6.45) is 4.13. The second kappa shape index (κ2) is 8.46. The number of halogens is 3. The summed E-state index contributed by atoms with van der Waals surface area (Å²) < 4.78 is 28.0. The normalized spacial score (nSPS) is 17.7. The van der Waals surface area contributed by atoms with Crippen molar-refractivity contribution in [3.63, 3.8) is 0 Å². The Hall–Kier alpha value is 1.29. The Bertz CT molecular complexity index is 306.